The molecule has 2 aromatic rings. The van der Waals surface area contributed by atoms with Crippen molar-refractivity contribution in [2.24, 2.45) is 0 Å². The Morgan fingerprint density at radius 3 is 2.88 bits per heavy atom. The summed E-state index contributed by atoms with van der Waals surface area (Å²) >= 11 is 3.02. The van der Waals surface area contributed by atoms with E-state index in [9.17, 15) is 13.2 Å². The van der Waals surface area contributed by atoms with Gasteiger partial charge in [0.1, 0.15) is 0 Å². The Balaban J connectivity index is 1.65. The third-order valence-electron chi connectivity index (χ3n) is 4.03. The van der Waals surface area contributed by atoms with Crippen molar-refractivity contribution in [3.8, 4) is 0 Å². The third kappa shape index (κ3) is 4.10. The lowest BCUT2D eigenvalue weighted by molar-refractivity contribution is -0.130. The minimum atomic E-state index is -2.99. The van der Waals surface area contributed by atoms with Gasteiger partial charge in [-0.2, -0.15) is 0 Å². The van der Waals surface area contributed by atoms with Crippen LogP contribution in [0.25, 0.3) is 10.2 Å². The fourth-order valence-electron chi connectivity index (χ4n) is 2.89. The number of para-hydroxylation sites is 1. The number of carbonyl (C=O) groups excluding carboxylic acids is 1. The van der Waals surface area contributed by atoms with E-state index in [0.717, 1.165) is 21.0 Å². The smallest absolute Gasteiger partial charge is 0.233 e. The Morgan fingerprint density at radius 1 is 1.42 bits per heavy atom. The largest absolute Gasteiger partial charge is 0.338 e. The van der Waals surface area contributed by atoms with Crippen molar-refractivity contribution in [2.75, 3.05) is 23.8 Å². The Kier molecular flexibility index (Phi) is 5.46. The molecule has 0 radical (unpaired) electrons. The van der Waals surface area contributed by atoms with Crippen LogP contribution in [0.15, 0.2) is 28.6 Å². The quantitative estimate of drug-likeness (QED) is 0.717. The molecular formula is C16H20N2O3S3. The molecule has 5 nitrogen and oxygen atoms in total. The molecule has 1 fully saturated rings. The second kappa shape index (κ2) is 7.41. The van der Waals surface area contributed by atoms with Crippen molar-refractivity contribution >= 4 is 49.1 Å². The van der Waals surface area contributed by atoms with E-state index in [-0.39, 0.29) is 23.5 Å². The van der Waals surface area contributed by atoms with E-state index >= 15 is 0 Å². The lowest BCUT2D eigenvalue weighted by Crippen LogP contribution is -2.42. The first-order valence-electron chi connectivity index (χ1n) is 7.97. The number of carbonyl (C=O) groups is 1. The first-order chi connectivity index (χ1) is 11.5. The standard InChI is InChI=1S/C16H20N2O3S3/c1-2-8-18(12-7-9-24(20,21)11-12)15(19)10-22-16-17-13-5-3-4-6-14(13)23-16/h3-6,12H,2,7-11H2,1H3/t12-/m0/s1. The average Bonchev–Trinajstić information content (AvgIpc) is 3.12. The van der Waals surface area contributed by atoms with Crippen LogP contribution in [-0.2, 0) is 14.6 Å². The van der Waals surface area contributed by atoms with Crippen LogP contribution in [0, 0.1) is 0 Å². The van der Waals surface area contributed by atoms with Gasteiger partial charge in [-0.1, -0.05) is 30.8 Å². The molecule has 1 aliphatic heterocycles. The molecule has 8 heteroatoms. The molecule has 3 rings (SSSR count). The fraction of sp³-hybridized carbons (Fsp3) is 0.500. The Bertz CT molecular complexity index is 799. The van der Waals surface area contributed by atoms with Gasteiger partial charge in [0.05, 0.1) is 27.5 Å². The predicted octanol–water partition coefficient (Wildman–Crippen LogP) is 2.81. The Morgan fingerprint density at radius 2 is 2.21 bits per heavy atom. The summed E-state index contributed by atoms with van der Waals surface area (Å²) in [5.41, 5.74) is 0.949. The number of hydrogen-bond acceptors (Lipinski definition) is 6. The van der Waals surface area contributed by atoms with Crippen LogP contribution < -0.4 is 0 Å². The molecule has 1 aromatic carbocycles. The molecule has 2 heterocycles. The number of rotatable bonds is 6. The highest BCUT2D eigenvalue weighted by atomic mass is 32.2. The summed E-state index contributed by atoms with van der Waals surface area (Å²) in [4.78, 5) is 18.9. The number of sulfone groups is 1. The molecular weight excluding hydrogens is 364 g/mol. The summed E-state index contributed by atoms with van der Waals surface area (Å²) in [6, 6.07) is 7.74. The van der Waals surface area contributed by atoms with Gasteiger partial charge < -0.3 is 4.90 Å². The van der Waals surface area contributed by atoms with Crippen LogP contribution in [0.2, 0.25) is 0 Å². The maximum Gasteiger partial charge on any atom is 0.233 e. The van der Waals surface area contributed by atoms with Crippen LogP contribution in [0.1, 0.15) is 19.8 Å². The van der Waals surface area contributed by atoms with Crippen molar-refractivity contribution in [2.45, 2.75) is 30.1 Å². The zero-order chi connectivity index (χ0) is 17.2. The van der Waals surface area contributed by atoms with Gasteiger partial charge in [-0.25, -0.2) is 13.4 Å². The number of fused-ring (bicyclic) bond motifs is 1. The van der Waals surface area contributed by atoms with Gasteiger partial charge >= 0.3 is 0 Å². The molecule has 0 unspecified atom stereocenters. The number of benzene rings is 1. The van der Waals surface area contributed by atoms with E-state index in [2.05, 4.69) is 4.98 Å². The number of thiazole rings is 1. The molecule has 1 atom stereocenters. The van der Waals surface area contributed by atoms with Gasteiger partial charge in [-0.3, -0.25) is 4.79 Å². The van der Waals surface area contributed by atoms with E-state index in [4.69, 9.17) is 0 Å². The molecule has 0 saturated carbocycles. The Hall–Kier alpha value is -1.12. The zero-order valence-electron chi connectivity index (χ0n) is 13.5. The Labute approximate surface area is 150 Å². The SMILES string of the molecule is CCCN(C(=O)CSc1nc2ccccc2s1)[C@H]1CCS(=O)(=O)C1. The van der Waals surface area contributed by atoms with Crippen LogP contribution in [0.5, 0.6) is 0 Å². The van der Waals surface area contributed by atoms with Gasteiger partial charge in [-0.05, 0) is 25.0 Å². The summed E-state index contributed by atoms with van der Waals surface area (Å²) in [6.07, 6.45) is 1.38. The second-order valence-electron chi connectivity index (χ2n) is 5.88. The van der Waals surface area contributed by atoms with Crippen molar-refractivity contribution in [3.63, 3.8) is 0 Å². The third-order valence-corrected chi connectivity index (χ3v) is 7.94. The number of nitrogens with zero attached hydrogens (tertiary/aromatic N) is 2. The maximum absolute atomic E-state index is 12.6. The maximum atomic E-state index is 12.6. The van der Waals surface area contributed by atoms with E-state index in [1.807, 2.05) is 31.2 Å². The van der Waals surface area contributed by atoms with Crippen LogP contribution >= 0.6 is 23.1 Å². The second-order valence-corrected chi connectivity index (χ2v) is 10.4. The summed E-state index contributed by atoms with van der Waals surface area (Å²) in [6.45, 7) is 2.61. The number of thioether (sulfide) groups is 1. The molecule has 0 bridgehead atoms. The van der Waals surface area contributed by atoms with Crippen LogP contribution in [-0.4, -0.2) is 54.1 Å². The van der Waals surface area contributed by atoms with Gasteiger partial charge in [0.2, 0.25) is 5.91 Å². The topological polar surface area (TPSA) is 67.3 Å². The monoisotopic (exact) mass is 384 g/mol. The van der Waals surface area contributed by atoms with Crippen molar-refractivity contribution in [1.82, 2.24) is 9.88 Å². The van der Waals surface area contributed by atoms with Crippen LogP contribution in [0.3, 0.4) is 0 Å². The average molecular weight is 385 g/mol. The first kappa shape index (κ1) is 17.7. The number of aromatic nitrogens is 1. The summed E-state index contributed by atoms with van der Waals surface area (Å²) in [7, 11) is -2.99. The molecule has 0 N–H and O–H groups in total. The molecule has 1 saturated heterocycles. The summed E-state index contributed by atoms with van der Waals surface area (Å²) in [5.74, 6) is 0.597. The van der Waals surface area contributed by atoms with Gasteiger partial charge in [0.25, 0.3) is 0 Å². The zero-order valence-corrected chi connectivity index (χ0v) is 15.9. The molecule has 0 aliphatic carbocycles. The van der Waals surface area contributed by atoms with Gasteiger partial charge in [0, 0.05) is 12.6 Å². The fourth-order valence-corrected chi connectivity index (χ4v) is 6.58. The van der Waals surface area contributed by atoms with Crippen molar-refractivity contribution in [1.29, 1.82) is 0 Å². The number of amides is 1. The summed E-state index contributed by atoms with van der Waals surface area (Å²) < 4.78 is 25.4. The van der Waals surface area contributed by atoms with E-state index < -0.39 is 9.84 Å². The highest BCUT2D eigenvalue weighted by Gasteiger charge is 2.34. The minimum absolute atomic E-state index is 0.00297. The van der Waals surface area contributed by atoms with Gasteiger partial charge in [0.15, 0.2) is 14.2 Å². The van der Waals surface area contributed by atoms with Gasteiger partial charge in [-0.15, -0.1) is 11.3 Å². The summed E-state index contributed by atoms with van der Waals surface area (Å²) in [5, 5.41) is 0. The first-order valence-corrected chi connectivity index (χ1v) is 11.6. The normalized spacial score (nSPS) is 19.6. The van der Waals surface area contributed by atoms with Crippen molar-refractivity contribution in [3.05, 3.63) is 24.3 Å². The highest BCUT2D eigenvalue weighted by Crippen LogP contribution is 2.30. The molecule has 1 amide bonds. The predicted molar refractivity (Wildman–Crippen MR) is 99.4 cm³/mol. The van der Waals surface area contributed by atoms with E-state index in [1.54, 1.807) is 16.2 Å². The highest BCUT2D eigenvalue weighted by molar-refractivity contribution is 8.01. The molecule has 1 aliphatic rings. The van der Waals surface area contributed by atoms with E-state index in [1.165, 1.54) is 11.8 Å². The number of hydrogen-bond donors (Lipinski definition) is 0. The minimum Gasteiger partial charge on any atom is -0.338 e. The molecule has 130 valence electrons. The molecule has 0 spiro atoms. The molecule has 1 aromatic heterocycles. The lowest BCUT2D eigenvalue weighted by Gasteiger charge is -2.27. The molecule has 24 heavy (non-hydrogen) atoms. The van der Waals surface area contributed by atoms with Crippen LogP contribution in [0.4, 0.5) is 0 Å². The lowest BCUT2D eigenvalue weighted by atomic mass is 10.2. The van der Waals surface area contributed by atoms with E-state index in [0.29, 0.717) is 18.7 Å². The van der Waals surface area contributed by atoms with Crippen molar-refractivity contribution < 1.29 is 13.2 Å².